The van der Waals surface area contributed by atoms with E-state index in [4.69, 9.17) is 0 Å². The lowest BCUT2D eigenvalue weighted by molar-refractivity contribution is -0.119. The summed E-state index contributed by atoms with van der Waals surface area (Å²) in [5, 5.41) is 0. The van der Waals surface area contributed by atoms with Crippen molar-refractivity contribution in [2.45, 2.75) is 58.3 Å². The van der Waals surface area contributed by atoms with Gasteiger partial charge < -0.3 is 0 Å². The minimum absolute atomic E-state index is 0.416. The Morgan fingerprint density at radius 1 is 1.17 bits per heavy atom. The lowest BCUT2D eigenvalue weighted by atomic mass is 9.96. The van der Waals surface area contributed by atoms with Gasteiger partial charge in [0.2, 0.25) is 0 Å². The van der Waals surface area contributed by atoms with Gasteiger partial charge >= 0.3 is 0 Å². The van der Waals surface area contributed by atoms with Gasteiger partial charge in [0.05, 0.1) is 0 Å². The van der Waals surface area contributed by atoms with Crippen LogP contribution in [0, 0.1) is 5.92 Å². The Kier molecular flexibility index (Phi) is 4.57. The van der Waals surface area contributed by atoms with Gasteiger partial charge in [-0.1, -0.05) is 63.8 Å². The summed E-state index contributed by atoms with van der Waals surface area (Å²) in [5.74, 6) is 1.65. The fourth-order valence-electron chi connectivity index (χ4n) is 2.86. The highest BCUT2D eigenvalue weighted by Crippen LogP contribution is 2.28. The third-order valence-electron chi connectivity index (χ3n) is 4.04. The Balaban J connectivity index is 1.86. The molecule has 0 radical (unpaired) electrons. The Morgan fingerprint density at radius 2 is 1.78 bits per heavy atom. The van der Waals surface area contributed by atoms with Crippen molar-refractivity contribution >= 4 is 5.78 Å². The molecule has 0 heterocycles. The van der Waals surface area contributed by atoms with Crippen LogP contribution in [-0.4, -0.2) is 5.78 Å². The number of carbonyl (C=O) groups is 1. The van der Waals surface area contributed by atoms with E-state index in [-0.39, 0.29) is 0 Å². The molecule has 1 aromatic rings. The number of Topliss-reactive ketones (excluding diaryl/α,β-unsaturated/α-hetero) is 1. The molecule has 1 heteroatoms. The highest BCUT2D eigenvalue weighted by molar-refractivity contribution is 5.81. The van der Waals surface area contributed by atoms with E-state index < -0.39 is 0 Å². The van der Waals surface area contributed by atoms with E-state index in [1.54, 1.807) is 0 Å². The van der Waals surface area contributed by atoms with Crippen molar-refractivity contribution in [2.24, 2.45) is 5.92 Å². The molecule has 0 unspecified atom stereocenters. The highest BCUT2D eigenvalue weighted by Gasteiger charge is 2.18. The van der Waals surface area contributed by atoms with E-state index in [0.29, 0.717) is 24.0 Å². The van der Waals surface area contributed by atoms with Gasteiger partial charge in [-0.25, -0.2) is 0 Å². The molecule has 0 N–H and O–H groups in total. The van der Waals surface area contributed by atoms with Gasteiger partial charge in [-0.05, 0) is 23.0 Å². The summed E-state index contributed by atoms with van der Waals surface area (Å²) < 4.78 is 0. The minimum Gasteiger partial charge on any atom is -0.299 e. The second-order valence-corrected chi connectivity index (χ2v) is 5.97. The normalized spacial score (nSPS) is 16.4. The van der Waals surface area contributed by atoms with E-state index in [0.717, 1.165) is 6.42 Å². The summed E-state index contributed by atoms with van der Waals surface area (Å²) in [6, 6.07) is 8.54. The standard InChI is InChI=1S/C17H24O/c1-13(2)16-9-7-15(8-10-16)12-17(18)11-14-5-3-4-6-14/h7-10,13-14H,3-6,11-12H2,1-2H3. The number of hydrogen-bond acceptors (Lipinski definition) is 1. The average Bonchev–Trinajstić information content (AvgIpc) is 2.82. The average molecular weight is 244 g/mol. The van der Waals surface area contributed by atoms with Gasteiger partial charge in [0, 0.05) is 12.8 Å². The van der Waals surface area contributed by atoms with Crippen LogP contribution in [0.15, 0.2) is 24.3 Å². The number of rotatable bonds is 5. The van der Waals surface area contributed by atoms with Gasteiger partial charge in [-0.3, -0.25) is 4.79 Å². The van der Waals surface area contributed by atoms with Crippen LogP contribution in [0.3, 0.4) is 0 Å². The molecule has 2 rings (SSSR count). The predicted molar refractivity (Wildman–Crippen MR) is 75.8 cm³/mol. The molecule has 98 valence electrons. The molecule has 1 aromatic carbocycles. The predicted octanol–water partition coefficient (Wildman–Crippen LogP) is 4.50. The number of carbonyl (C=O) groups excluding carboxylic acids is 1. The molecule has 0 aromatic heterocycles. The van der Waals surface area contributed by atoms with Gasteiger partial charge in [-0.2, -0.15) is 0 Å². The minimum atomic E-state index is 0.416. The molecule has 18 heavy (non-hydrogen) atoms. The maximum atomic E-state index is 12.0. The molecule has 1 aliphatic rings. The van der Waals surface area contributed by atoms with Crippen LogP contribution in [0.4, 0.5) is 0 Å². The van der Waals surface area contributed by atoms with Crippen molar-refractivity contribution < 1.29 is 4.79 Å². The maximum Gasteiger partial charge on any atom is 0.137 e. The first kappa shape index (κ1) is 13.3. The molecule has 1 saturated carbocycles. The van der Waals surface area contributed by atoms with Crippen molar-refractivity contribution in [3.63, 3.8) is 0 Å². The first-order valence-corrected chi connectivity index (χ1v) is 7.25. The highest BCUT2D eigenvalue weighted by atomic mass is 16.1. The summed E-state index contributed by atoms with van der Waals surface area (Å²) >= 11 is 0. The zero-order valence-corrected chi connectivity index (χ0v) is 11.6. The van der Waals surface area contributed by atoms with Crippen molar-refractivity contribution in [1.82, 2.24) is 0 Å². The molecule has 0 spiro atoms. The van der Waals surface area contributed by atoms with Crippen LogP contribution in [-0.2, 0) is 11.2 Å². The van der Waals surface area contributed by atoms with Gasteiger partial charge in [-0.15, -0.1) is 0 Å². The molecule has 1 fully saturated rings. The van der Waals surface area contributed by atoms with E-state index in [1.165, 1.54) is 36.8 Å². The maximum absolute atomic E-state index is 12.0. The first-order valence-electron chi connectivity index (χ1n) is 7.25. The van der Waals surface area contributed by atoms with Crippen molar-refractivity contribution in [2.75, 3.05) is 0 Å². The van der Waals surface area contributed by atoms with Gasteiger partial charge in [0.15, 0.2) is 0 Å². The fraction of sp³-hybridized carbons (Fsp3) is 0.588. The zero-order valence-electron chi connectivity index (χ0n) is 11.6. The Bertz CT molecular complexity index is 383. The number of ketones is 1. The van der Waals surface area contributed by atoms with E-state index >= 15 is 0 Å². The smallest absolute Gasteiger partial charge is 0.137 e. The molecule has 1 nitrogen and oxygen atoms in total. The molecule has 0 amide bonds. The lowest BCUT2D eigenvalue weighted by Gasteiger charge is -2.09. The summed E-state index contributed by atoms with van der Waals surface area (Å²) in [6.45, 7) is 4.39. The summed E-state index contributed by atoms with van der Waals surface area (Å²) in [5.41, 5.74) is 2.52. The lowest BCUT2D eigenvalue weighted by Crippen LogP contribution is -2.08. The van der Waals surface area contributed by atoms with Crippen LogP contribution in [0.1, 0.15) is 63.0 Å². The van der Waals surface area contributed by atoms with Gasteiger partial charge in [0.25, 0.3) is 0 Å². The zero-order chi connectivity index (χ0) is 13.0. The Labute approximate surface area is 111 Å². The topological polar surface area (TPSA) is 17.1 Å². The Hall–Kier alpha value is -1.11. The van der Waals surface area contributed by atoms with Crippen LogP contribution in [0.25, 0.3) is 0 Å². The van der Waals surface area contributed by atoms with Gasteiger partial charge in [0.1, 0.15) is 5.78 Å². The van der Waals surface area contributed by atoms with Crippen molar-refractivity contribution in [3.8, 4) is 0 Å². The number of hydrogen-bond donors (Lipinski definition) is 0. The van der Waals surface area contributed by atoms with Crippen LogP contribution < -0.4 is 0 Å². The van der Waals surface area contributed by atoms with Crippen molar-refractivity contribution in [1.29, 1.82) is 0 Å². The third-order valence-corrected chi connectivity index (χ3v) is 4.04. The van der Waals surface area contributed by atoms with E-state index in [2.05, 4.69) is 38.1 Å². The van der Waals surface area contributed by atoms with E-state index in [1.807, 2.05) is 0 Å². The third kappa shape index (κ3) is 3.69. The molecule has 0 bridgehead atoms. The number of benzene rings is 1. The van der Waals surface area contributed by atoms with Crippen LogP contribution in [0.2, 0.25) is 0 Å². The van der Waals surface area contributed by atoms with Crippen molar-refractivity contribution in [3.05, 3.63) is 35.4 Å². The molecular formula is C17H24O. The quantitative estimate of drug-likeness (QED) is 0.745. The molecular weight excluding hydrogens is 220 g/mol. The summed E-state index contributed by atoms with van der Waals surface area (Å²) in [7, 11) is 0. The SMILES string of the molecule is CC(C)c1ccc(CC(=O)CC2CCCC2)cc1. The molecule has 1 aliphatic carbocycles. The monoisotopic (exact) mass is 244 g/mol. The molecule has 0 saturated heterocycles. The van der Waals surface area contributed by atoms with E-state index in [9.17, 15) is 4.79 Å². The summed E-state index contributed by atoms with van der Waals surface area (Å²) in [4.78, 5) is 12.0. The largest absolute Gasteiger partial charge is 0.299 e. The second kappa shape index (κ2) is 6.17. The molecule has 0 aliphatic heterocycles. The Morgan fingerprint density at radius 3 is 2.33 bits per heavy atom. The van der Waals surface area contributed by atoms with Crippen LogP contribution >= 0.6 is 0 Å². The first-order chi connectivity index (χ1) is 8.65. The summed E-state index contributed by atoms with van der Waals surface area (Å²) in [6.07, 6.45) is 6.58. The molecule has 0 atom stereocenters. The fourth-order valence-corrected chi connectivity index (χ4v) is 2.86. The van der Waals surface area contributed by atoms with Crippen LogP contribution in [0.5, 0.6) is 0 Å². The second-order valence-electron chi connectivity index (χ2n) is 5.97.